The van der Waals surface area contributed by atoms with E-state index in [0.717, 1.165) is 96.3 Å². The lowest BCUT2D eigenvalue weighted by Crippen LogP contribution is -2.30. The van der Waals surface area contributed by atoms with Crippen molar-refractivity contribution >= 4 is 17.9 Å². The van der Waals surface area contributed by atoms with E-state index in [0.29, 0.717) is 19.3 Å². The van der Waals surface area contributed by atoms with Crippen LogP contribution in [-0.2, 0) is 28.6 Å². The molecule has 0 aromatic carbocycles. The van der Waals surface area contributed by atoms with Crippen molar-refractivity contribution in [1.82, 2.24) is 0 Å². The first-order valence-electron chi connectivity index (χ1n) is 31.1. The minimum absolute atomic E-state index is 0.0890. The summed E-state index contributed by atoms with van der Waals surface area (Å²) in [7, 11) is 0. The Bertz CT molecular complexity index is 1400. The van der Waals surface area contributed by atoms with E-state index in [1.165, 1.54) is 167 Å². The quantitative estimate of drug-likeness (QED) is 0.0261. The lowest BCUT2D eigenvalue weighted by atomic mass is 10.1. The third-order valence-electron chi connectivity index (χ3n) is 13.4. The zero-order valence-corrected chi connectivity index (χ0v) is 48.1. The summed E-state index contributed by atoms with van der Waals surface area (Å²) < 4.78 is 16.9. The van der Waals surface area contributed by atoms with Gasteiger partial charge in [-0.15, -0.1) is 0 Å². The van der Waals surface area contributed by atoms with Crippen molar-refractivity contribution in [2.75, 3.05) is 13.2 Å². The van der Waals surface area contributed by atoms with E-state index in [1.807, 2.05) is 0 Å². The van der Waals surface area contributed by atoms with Crippen molar-refractivity contribution in [2.45, 2.75) is 309 Å². The molecule has 0 amide bonds. The average molecular weight is 1020 g/mol. The van der Waals surface area contributed by atoms with Crippen LogP contribution in [-0.4, -0.2) is 37.2 Å². The summed E-state index contributed by atoms with van der Waals surface area (Å²) in [6, 6.07) is 0. The minimum atomic E-state index is -0.795. The van der Waals surface area contributed by atoms with Crippen LogP contribution in [0.1, 0.15) is 303 Å². The summed E-state index contributed by atoms with van der Waals surface area (Å²) in [5.41, 5.74) is 0. The SMILES string of the molecule is CC/C=C\C/C=C\C/C=C\C/C=C\C/C=C\CCCCCC(=O)OC[C@H](COC(=O)CCCCCCCCCCC/C=C\CCCCCCCC)OC(=O)CCCCCCCCC/C=C\CCCCCCCC. The summed E-state index contributed by atoms with van der Waals surface area (Å²) in [4.78, 5) is 38.3. The highest BCUT2D eigenvalue weighted by Gasteiger charge is 2.19. The first-order chi connectivity index (χ1) is 36.0. The molecule has 0 aromatic rings. The van der Waals surface area contributed by atoms with Crippen LogP contribution in [0, 0.1) is 0 Å². The van der Waals surface area contributed by atoms with Crippen molar-refractivity contribution in [2.24, 2.45) is 0 Å². The highest BCUT2D eigenvalue weighted by atomic mass is 16.6. The monoisotopic (exact) mass is 1020 g/mol. The van der Waals surface area contributed by atoms with Crippen LogP contribution < -0.4 is 0 Å². The van der Waals surface area contributed by atoms with Gasteiger partial charge in [0.25, 0.3) is 0 Å². The second-order valence-corrected chi connectivity index (χ2v) is 20.6. The van der Waals surface area contributed by atoms with Gasteiger partial charge < -0.3 is 14.2 Å². The largest absolute Gasteiger partial charge is 0.462 e. The lowest BCUT2D eigenvalue weighted by molar-refractivity contribution is -0.167. The van der Waals surface area contributed by atoms with Gasteiger partial charge in [-0.2, -0.15) is 0 Å². The Balaban J connectivity index is 4.44. The number of carbonyl (C=O) groups is 3. The number of carbonyl (C=O) groups excluding carboxylic acids is 3. The fourth-order valence-corrected chi connectivity index (χ4v) is 8.69. The molecule has 0 radical (unpaired) electrons. The Morgan fingerprint density at radius 1 is 0.288 bits per heavy atom. The maximum absolute atomic E-state index is 12.9. The number of rotatable bonds is 56. The van der Waals surface area contributed by atoms with Crippen LogP contribution in [0.25, 0.3) is 0 Å². The summed E-state index contributed by atoms with van der Waals surface area (Å²) >= 11 is 0. The van der Waals surface area contributed by atoms with Crippen LogP contribution in [0.15, 0.2) is 85.1 Å². The van der Waals surface area contributed by atoms with E-state index in [2.05, 4.69) is 106 Å². The van der Waals surface area contributed by atoms with Crippen molar-refractivity contribution < 1.29 is 28.6 Å². The molecule has 0 aliphatic rings. The first-order valence-corrected chi connectivity index (χ1v) is 31.1. The second kappa shape index (κ2) is 61.1. The predicted octanol–water partition coefficient (Wildman–Crippen LogP) is 21.1. The number of unbranched alkanes of at least 4 members (excludes halogenated alkanes) is 31. The molecule has 420 valence electrons. The Morgan fingerprint density at radius 2 is 0.534 bits per heavy atom. The number of hydrogen-bond acceptors (Lipinski definition) is 6. The Labute approximate surface area is 452 Å². The molecule has 0 saturated carbocycles. The van der Waals surface area contributed by atoms with Crippen molar-refractivity contribution in [3.05, 3.63) is 85.1 Å². The molecule has 0 unspecified atom stereocenters. The van der Waals surface area contributed by atoms with Crippen LogP contribution >= 0.6 is 0 Å². The van der Waals surface area contributed by atoms with Crippen LogP contribution in [0.3, 0.4) is 0 Å². The predicted molar refractivity (Wildman–Crippen MR) is 316 cm³/mol. The molecule has 1 atom stereocenters. The molecule has 0 aliphatic heterocycles. The van der Waals surface area contributed by atoms with Crippen molar-refractivity contribution in [3.63, 3.8) is 0 Å². The third-order valence-corrected chi connectivity index (χ3v) is 13.4. The topological polar surface area (TPSA) is 78.9 Å². The van der Waals surface area contributed by atoms with Gasteiger partial charge in [0.15, 0.2) is 6.10 Å². The molecule has 0 saturated heterocycles. The van der Waals surface area contributed by atoms with Gasteiger partial charge in [-0.05, 0) is 116 Å². The summed E-state index contributed by atoms with van der Waals surface area (Å²) in [6.45, 7) is 6.51. The lowest BCUT2D eigenvalue weighted by Gasteiger charge is -2.18. The van der Waals surface area contributed by atoms with Gasteiger partial charge in [-0.3, -0.25) is 14.4 Å². The number of hydrogen-bond donors (Lipinski definition) is 0. The zero-order valence-electron chi connectivity index (χ0n) is 48.1. The molecular weight excluding hydrogens is 901 g/mol. The molecule has 0 rings (SSSR count). The summed E-state index contributed by atoms with van der Waals surface area (Å²) in [5, 5.41) is 0. The van der Waals surface area contributed by atoms with Gasteiger partial charge in [0.2, 0.25) is 0 Å². The van der Waals surface area contributed by atoms with E-state index in [9.17, 15) is 14.4 Å². The second-order valence-electron chi connectivity index (χ2n) is 20.6. The van der Waals surface area contributed by atoms with Crippen molar-refractivity contribution in [1.29, 1.82) is 0 Å². The average Bonchev–Trinajstić information content (AvgIpc) is 3.39. The molecule has 0 fully saturated rings. The van der Waals surface area contributed by atoms with Crippen LogP contribution in [0.2, 0.25) is 0 Å². The molecule has 0 aromatic heterocycles. The van der Waals surface area contributed by atoms with Gasteiger partial charge in [-0.25, -0.2) is 0 Å². The van der Waals surface area contributed by atoms with Gasteiger partial charge >= 0.3 is 17.9 Å². The third kappa shape index (κ3) is 59.3. The van der Waals surface area contributed by atoms with Gasteiger partial charge in [0.05, 0.1) is 0 Å². The minimum Gasteiger partial charge on any atom is -0.462 e. The van der Waals surface area contributed by atoms with Gasteiger partial charge in [0, 0.05) is 19.3 Å². The smallest absolute Gasteiger partial charge is 0.306 e. The van der Waals surface area contributed by atoms with E-state index < -0.39 is 6.10 Å². The van der Waals surface area contributed by atoms with E-state index in [-0.39, 0.29) is 31.1 Å². The molecule has 0 heterocycles. The normalized spacial score (nSPS) is 12.6. The zero-order chi connectivity index (χ0) is 52.9. The molecule has 6 heteroatoms. The molecular formula is C67H116O6. The Kier molecular flexibility index (Phi) is 58.3. The van der Waals surface area contributed by atoms with E-state index >= 15 is 0 Å². The van der Waals surface area contributed by atoms with E-state index in [4.69, 9.17) is 14.2 Å². The van der Waals surface area contributed by atoms with Crippen molar-refractivity contribution in [3.8, 4) is 0 Å². The number of allylic oxidation sites excluding steroid dienone is 14. The maximum Gasteiger partial charge on any atom is 0.306 e. The standard InChI is InChI=1S/C67H116O6/c1-4-7-10-13-16-19-22-25-28-31-33-36-38-41-44-47-50-53-56-59-65(68)71-62-64(73-67(70)61-58-55-52-49-46-43-40-35-30-27-24-21-18-15-12-9-6-3)63-72-66(69)60-57-54-51-48-45-42-39-37-34-32-29-26-23-20-17-14-11-8-5-2/h7,10,16,19,25-30,33,36,41,44,64H,4-6,8-9,11-15,17-18,20-24,31-32,34-35,37-40,42-43,45-63H2,1-3H3/b10-7-,19-16-,28-25-,29-26-,30-27-,36-33-,44-41-/t64-/m1/s1. The Morgan fingerprint density at radius 3 is 0.863 bits per heavy atom. The van der Waals surface area contributed by atoms with Gasteiger partial charge in [-0.1, -0.05) is 254 Å². The molecule has 0 aliphatic carbocycles. The van der Waals surface area contributed by atoms with Crippen LogP contribution in [0.5, 0.6) is 0 Å². The van der Waals surface area contributed by atoms with Crippen LogP contribution in [0.4, 0.5) is 0 Å². The maximum atomic E-state index is 12.9. The molecule has 0 bridgehead atoms. The highest BCUT2D eigenvalue weighted by molar-refractivity contribution is 5.71. The first kappa shape index (κ1) is 69.6. The number of esters is 3. The molecule has 0 spiro atoms. The van der Waals surface area contributed by atoms with E-state index in [1.54, 1.807) is 0 Å². The molecule has 0 N–H and O–H groups in total. The fourth-order valence-electron chi connectivity index (χ4n) is 8.69. The van der Waals surface area contributed by atoms with Gasteiger partial charge in [0.1, 0.15) is 13.2 Å². The summed E-state index contributed by atoms with van der Waals surface area (Å²) in [5.74, 6) is -0.918. The molecule has 73 heavy (non-hydrogen) atoms. The summed E-state index contributed by atoms with van der Waals surface area (Å²) in [6.07, 6.45) is 80.0. The molecule has 6 nitrogen and oxygen atoms in total. The Hall–Kier alpha value is -3.41. The highest BCUT2D eigenvalue weighted by Crippen LogP contribution is 2.16. The number of ether oxygens (including phenoxy) is 3. The fraction of sp³-hybridized carbons (Fsp3) is 0.746.